The van der Waals surface area contributed by atoms with Gasteiger partial charge in [0.2, 0.25) is 5.75 Å². The van der Waals surface area contributed by atoms with E-state index >= 15 is 0 Å². The molecule has 10 aliphatic rings. The molecule has 2 aromatic carbocycles. The number of esters is 2. The predicted molar refractivity (Wildman–Crippen MR) is 208 cm³/mol. The molecule has 12 rings (SSSR count). The number of aromatic hydroxyl groups is 1. The molecule has 5 fully saturated rings. The quantitative estimate of drug-likeness (QED) is 0.189. The normalized spacial score (nSPS) is 40.0. The molecule has 0 unspecified atom stereocenters. The van der Waals surface area contributed by atoms with Crippen LogP contribution in [0.15, 0.2) is 40.7 Å². The molecular weight excluding hydrogens is 745 g/mol. The summed E-state index contributed by atoms with van der Waals surface area (Å²) in [7, 11) is 5.89. The van der Waals surface area contributed by atoms with Gasteiger partial charge in [0.1, 0.15) is 18.0 Å². The molecule has 2 aromatic rings. The van der Waals surface area contributed by atoms with E-state index in [0.717, 1.165) is 54.1 Å². The van der Waals surface area contributed by atoms with Crippen LogP contribution in [0, 0.1) is 10.8 Å². The second-order valence-electron chi connectivity index (χ2n) is 18.3. The highest BCUT2D eigenvalue weighted by Crippen LogP contribution is 2.73. The molecule has 5 saturated heterocycles. The lowest BCUT2D eigenvalue weighted by Gasteiger charge is -2.60. The van der Waals surface area contributed by atoms with Crippen molar-refractivity contribution in [3.05, 3.63) is 57.4 Å². The summed E-state index contributed by atoms with van der Waals surface area (Å²) in [5.41, 5.74) is 5.09. The Labute approximate surface area is 336 Å². The van der Waals surface area contributed by atoms with Crippen LogP contribution >= 0.6 is 0 Å². The van der Waals surface area contributed by atoms with Gasteiger partial charge in [-0.15, -0.1) is 0 Å². The zero-order chi connectivity index (χ0) is 40.0. The first-order valence-electron chi connectivity index (χ1n) is 20.9. The summed E-state index contributed by atoms with van der Waals surface area (Å²) in [6.07, 6.45) is 2.52. The molecule has 11 atom stereocenters. The summed E-state index contributed by atoms with van der Waals surface area (Å²) in [5.74, 6) is 0.458. The second-order valence-corrected chi connectivity index (χ2v) is 18.3. The van der Waals surface area contributed by atoms with Gasteiger partial charge in [-0.3, -0.25) is 9.80 Å². The molecule has 14 nitrogen and oxygen atoms in total. The summed E-state index contributed by atoms with van der Waals surface area (Å²) >= 11 is 0. The minimum Gasteiger partial charge on any atom is -0.504 e. The molecule has 2 spiro atoms. The first kappa shape index (κ1) is 35.4. The van der Waals surface area contributed by atoms with Gasteiger partial charge in [0.25, 0.3) is 0 Å². The minimum absolute atomic E-state index is 0.0607. The van der Waals surface area contributed by atoms with Gasteiger partial charge in [0, 0.05) is 64.7 Å². The van der Waals surface area contributed by atoms with Crippen LogP contribution in [0.1, 0.15) is 75.1 Å². The van der Waals surface area contributed by atoms with E-state index in [1.165, 1.54) is 26.9 Å². The third kappa shape index (κ3) is 3.66. The molecule has 0 aromatic heterocycles. The summed E-state index contributed by atoms with van der Waals surface area (Å²) in [6, 6.07) is 5.72. The Morgan fingerprint density at radius 3 is 2.22 bits per heavy atom. The number of aliphatic hydroxyl groups excluding tert-OH is 1. The number of anilines is 2. The zero-order valence-electron chi connectivity index (χ0n) is 33.7. The van der Waals surface area contributed by atoms with Crippen molar-refractivity contribution >= 4 is 23.3 Å². The summed E-state index contributed by atoms with van der Waals surface area (Å²) in [5, 5.41) is 31.8. The van der Waals surface area contributed by atoms with Gasteiger partial charge >= 0.3 is 11.9 Å². The Morgan fingerprint density at radius 1 is 0.862 bits per heavy atom. The van der Waals surface area contributed by atoms with Gasteiger partial charge < -0.3 is 49.3 Å². The Balaban J connectivity index is 1.05. The fourth-order valence-electron chi connectivity index (χ4n) is 14.9. The number of carbonyl (C=O) groups is 2. The third-order valence-electron chi connectivity index (χ3n) is 16.9. The molecule has 306 valence electrons. The number of nitrogens with one attached hydrogen (secondary N) is 2. The molecule has 0 bridgehead atoms. The predicted octanol–water partition coefficient (Wildman–Crippen LogP) is 4.00. The lowest BCUT2D eigenvalue weighted by atomic mass is 9.51. The number of methoxy groups -OCH3 is 4. The van der Waals surface area contributed by atoms with Crippen molar-refractivity contribution in [2.45, 2.75) is 106 Å². The number of benzene rings is 2. The Hall–Kier alpha value is -4.50. The largest absolute Gasteiger partial charge is 0.504 e. The molecule has 8 aliphatic heterocycles. The molecule has 0 amide bonds. The standard InChI is InChI=1S/C44H50N4O10/c1-7-41-16-20(37(51)55-5)34-44(23-14-25(49)30(53-3)31(54-4)28(23)46-34)10-12-48(40(41)44)29-19-13-22-24(15-26(19)57-32(29)35(41)50)45-33-21(38(52)56-6)17-42(8-2)36-27(58-36)18-47-11-9-43(22,33)39(42)47/h13-15,27,29,32,35-36,39-40,45-46,49-50H,7-12,16-18H2,1-6H3/t27-,29+,32-,35-,36-,39+,40+,41-,42-,43+,44+/m1/s1. The van der Waals surface area contributed by atoms with Crippen molar-refractivity contribution in [2.24, 2.45) is 10.8 Å². The summed E-state index contributed by atoms with van der Waals surface area (Å²) in [6.45, 7) is 6.76. The van der Waals surface area contributed by atoms with Crippen LogP contribution in [0.5, 0.6) is 23.0 Å². The maximum absolute atomic E-state index is 13.9. The number of fused-ring (bicyclic) bond motifs is 8. The number of carbonyl (C=O) groups excluding carboxylic acids is 2. The smallest absolute Gasteiger partial charge is 0.335 e. The number of nitrogens with zero attached hydrogens (tertiary/aromatic N) is 2. The van der Waals surface area contributed by atoms with Crippen LogP contribution < -0.4 is 24.8 Å². The van der Waals surface area contributed by atoms with Gasteiger partial charge in [-0.25, -0.2) is 9.59 Å². The molecule has 14 heteroatoms. The fourth-order valence-corrected chi connectivity index (χ4v) is 14.9. The van der Waals surface area contributed by atoms with Crippen molar-refractivity contribution < 1.29 is 48.2 Å². The van der Waals surface area contributed by atoms with Gasteiger partial charge in [-0.1, -0.05) is 13.8 Å². The van der Waals surface area contributed by atoms with Crippen molar-refractivity contribution in [3.8, 4) is 23.0 Å². The van der Waals surface area contributed by atoms with E-state index in [0.29, 0.717) is 54.1 Å². The van der Waals surface area contributed by atoms with E-state index in [1.807, 2.05) is 0 Å². The van der Waals surface area contributed by atoms with Crippen LogP contribution in [0.25, 0.3) is 0 Å². The van der Waals surface area contributed by atoms with Crippen LogP contribution in [-0.4, -0.2) is 117 Å². The third-order valence-corrected chi connectivity index (χ3v) is 16.9. The number of aliphatic hydroxyl groups is 1. The highest BCUT2D eigenvalue weighted by molar-refractivity contribution is 5.95. The van der Waals surface area contributed by atoms with E-state index in [4.69, 9.17) is 28.4 Å². The average Bonchev–Trinajstić information content (AvgIpc) is 3.57. The zero-order valence-corrected chi connectivity index (χ0v) is 33.7. The minimum atomic E-state index is -0.959. The number of hydrogen-bond acceptors (Lipinski definition) is 14. The van der Waals surface area contributed by atoms with Gasteiger partial charge in [0.15, 0.2) is 11.5 Å². The molecule has 8 heterocycles. The maximum atomic E-state index is 13.9. The van der Waals surface area contributed by atoms with E-state index in [2.05, 4.69) is 46.4 Å². The Bertz CT molecular complexity index is 2350. The van der Waals surface area contributed by atoms with Gasteiger partial charge in [0.05, 0.1) is 74.4 Å². The first-order valence-corrected chi connectivity index (χ1v) is 20.9. The average molecular weight is 795 g/mol. The Kier molecular flexibility index (Phi) is 6.84. The number of hydrogen-bond donors (Lipinski definition) is 4. The number of rotatable bonds is 6. The SMILES string of the molecule is CC[C@@]12CC(C(=O)OC)=C3Nc4cc5c(cc4[C@@]34CCN(C[C@H]3O[C@H]31)[C@@H]24)[C@H]1[C@@H](O5)[C@@H](O)[C@@]2(CC)CC(C(=O)OC)=C3Nc4c(cc(O)c(OC)c4OC)[C@@]34CCN1[C@@H]24. The van der Waals surface area contributed by atoms with Crippen molar-refractivity contribution in [3.63, 3.8) is 0 Å². The number of piperidine rings is 2. The molecule has 0 saturated carbocycles. The second kappa shape index (κ2) is 11.2. The van der Waals surface area contributed by atoms with Crippen LogP contribution in [0.3, 0.4) is 0 Å². The molecule has 0 radical (unpaired) electrons. The van der Waals surface area contributed by atoms with Crippen LogP contribution in [0.4, 0.5) is 11.4 Å². The summed E-state index contributed by atoms with van der Waals surface area (Å²) < 4.78 is 35.8. The topological polar surface area (TPSA) is 164 Å². The Morgan fingerprint density at radius 2 is 1.53 bits per heavy atom. The number of ether oxygens (including phenoxy) is 6. The molecular formula is C44H50N4O10. The first-order chi connectivity index (χ1) is 28.0. The highest BCUT2D eigenvalue weighted by Gasteiger charge is 2.76. The molecule has 2 aliphatic carbocycles. The van der Waals surface area contributed by atoms with E-state index in [9.17, 15) is 19.8 Å². The van der Waals surface area contributed by atoms with Crippen molar-refractivity contribution in [2.75, 3.05) is 58.7 Å². The van der Waals surface area contributed by atoms with E-state index in [1.54, 1.807) is 13.2 Å². The number of phenolic OH excluding ortho intramolecular Hbond substituents is 1. The monoisotopic (exact) mass is 794 g/mol. The number of epoxide rings is 1. The van der Waals surface area contributed by atoms with E-state index < -0.39 is 34.4 Å². The summed E-state index contributed by atoms with van der Waals surface area (Å²) in [4.78, 5) is 32.8. The lowest BCUT2D eigenvalue weighted by Crippen LogP contribution is -2.69. The number of phenols is 1. The lowest BCUT2D eigenvalue weighted by molar-refractivity contribution is -0.168. The maximum Gasteiger partial charge on any atom is 0.335 e. The van der Waals surface area contributed by atoms with Gasteiger partial charge in [-0.05, 0) is 68.3 Å². The molecule has 4 N–H and O–H groups in total. The van der Waals surface area contributed by atoms with Crippen molar-refractivity contribution in [1.82, 2.24) is 9.80 Å². The van der Waals surface area contributed by atoms with Gasteiger partial charge in [-0.2, -0.15) is 0 Å². The molecule has 58 heavy (non-hydrogen) atoms. The van der Waals surface area contributed by atoms with Crippen LogP contribution in [-0.2, 0) is 34.6 Å². The fraction of sp³-hybridized carbons (Fsp3) is 0.591. The van der Waals surface area contributed by atoms with Crippen molar-refractivity contribution in [1.29, 1.82) is 0 Å². The highest BCUT2D eigenvalue weighted by atomic mass is 16.6. The van der Waals surface area contributed by atoms with E-state index in [-0.39, 0.29) is 59.6 Å². The van der Waals surface area contributed by atoms with Crippen LogP contribution in [0.2, 0.25) is 0 Å².